The van der Waals surface area contributed by atoms with Crippen molar-refractivity contribution in [3.8, 4) is 0 Å². The zero-order valence-electron chi connectivity index (χ0n) is 87.8. The van der Waals surface area contributed by atoms with Gasteiger partial charge < -0.3 is 44.3 Å². The molecule has 5 aromatic heterocycles. The van der Waals surface area contributed by atoms with E-state index in [1.165, 1.54) is 126 Å². The van der Waals surface area contributed by atoms with E-state index < -0.39 is 14.2 Å². The molecule has 13 aromatic rings. The quantitative estimate of drug-likeness (QED) is 0.0175. The van der Waals surface area contributed by atoms with Crippen LogP contribution in [0.5, 0.6) is 0 Å². The van der Waals surface area contributed by atoms with Gasteiger partial charge in [0.25, 0.3) is 0 Å². The number of aliphatic hydroxyl groups is 1. The third kappa shape index (κ3) is 32.9. The maximum absolute atomic E-state index is 10.6. The lowest BCUT2D eigenvalue weighted by molar-refractivity contribution is -0.462. The number of halogens is 7. The largest absolute Gasteiger partial charge is 0.383 e. The molecule has 0 spiro atoms. The summed E-state index contributed by atoms with van der Waals surface area (Å²) in [5.41, 5.74) is 26.9. The number of thiophene rings is 5. The average Bonchev–Trinajstić information content (AvgIpc) is 1.11. The van der Waals surface area contributed by atoms with Gasteiger partial charge in [0.2, 0.25) is 0 Å². The molecule has 1 N–H and O–H groups in total. The van der Waals surface area contributed by atoms with Crippen LogP contribution in [-0.2, 0) is 0 Å². The van der Waals surface area contributed by atoms with Crippen LogP contribution in [0, 0.1) is 34.6 Å². The minimum atomic E-state index is -1.93. The smallest absolute Gasteiger partial charge is 0.199 e. The molecular weight excluding hydrogens is 2400 g/mol. The minimum absolute atomic E-state index is 0.140. The monoisotopic (exact) mass is 2530 g/mol. The van der Waals surface area contributed by atoms with Crippen molar-refractivity contribution in [3.05, 3.63) is 487 Å². The molecule has 0 amide bonds. The molecule has 11 nitrogen and oxygen atoms in total. The number of rotatable bonds is 38. The molecule has 148 heavy (non-hydrogen) atoms. The van der Waals surface area contributed by atoms with Crippen molar-refractivity contribution >= 4 is 245 Å². The van der Waals surface area contributed by atoms with Crippen molar-refractivity contribution in [2.24, 2.45) is 0 Å². The van der Waals surface area contributed by atoms with E-state index in [1.807, 2.05) is 188 Å². The van der Waals surface area contributed by atoms with Crippen molar-refractivity contribution < 1.29 is 14.5 Å². The second-order valence-corrected chi connectivity index (χ2v) is 51.8. The third-order valence-corrected chi connectivity index (χ3v) is 38.1. The van der Waals surface area contributed by atoms with Crippen LogP contribution >= 0.6 is 168 Å². The summed E-state index contributed by atoms with van der Waals surface area (Å²) in [4.78, 5) is 33.6. The molecule has 3 atom stereocenters. The first-order valence-corrected chi connectivity index (χ1v) is 61.4. The Kier molecular flexibility index (Phi) is 49.7. The van der Waals surface area contributed by atoms with Crippen LogP contribution in [-0.4, -0.2) is 152 Å². The first-order valence-electron chi connectivity index (χ1n) is 48.5. The molecule has 0 saturated carbocycles. The van der Waals surface area contributed by atoms with Crippen molar-refractivity contribution in [3.63, 3.8) is 0 Å². The van der Waals surface area contributed by atoms with Gasteiger partial charge in [0.05, 0.1) is 4.88 Å². The molecule has 1 aliphatic heterocycles. The molecule has 1 aliphatic carbocycles. The van der Waals surface area contributed by atoms with Crippen LogP contribution in [0.15, 0.2) is 402 Å². The first kappa shape index (κ1) is 122. The maximum Gasteiger partial charge on any atom is 0.199 e. The fraction of sp³-hybridized carbons (Fsp3) is 0.226. The van der Waals surface area contributed by atoms with Gasteiger partial charge in [0.1, 0.15) is 28.3 Å². The zero-order chi connectivity index (χ0) is 108. The highest BCUT2D eigenvalue weighted by Gasteiger charge is 2.41. The summed E-state index contributed by atoms with van der Waals surface area (Å²) < 4.78 is 9.77. The molecule has 6 heterocycles. The van der Waals surface area contributed by atoms with E-state index >= 15 is 0 Å². The molecule has 0 bridgehead atoms. The summed E-state index contributed by atoms with van der Waals surface area (Å²) in [6.45, 7) is 62.1. The van der Waals surface area contributed by atoms with Crippen molar-refractivity contribution in [2.75, 3.05) is 161 Å². The van der Waals surface area contributed by atoms with E-state index in [-0.39, 0.29) is 11.8 Å². The Hall–Kier alpha value is -9.84. The van der Waals surface area contributed by atoms with Crippen LogP contribution in [0.2, 0.25) is 13.1 Å². The predicted molar refractivity (Wildman–Crippen MR) is 686 cm³/mol. The summed E-state index contributed by atoms with van der Waals surface area (Å²) in [6.07, 6.45) is 26.5. The van der Waals surface area contributed by atoms with Crippen LogP contribution in [0.25, 0.3) is 5.57 Å². The third-order valence-electron chi connectivity index (χ3n) is 24.9. The lowest BCUT2D eigenvalue weighted by Gasteiger charge is -2.38. The predicted octanol–water partition coefficient (Wildman–Crippen LogP) is 34.8. The highest BCUT2D eigenvalue weighted by atomic mass is 79.9. The SMILES string of the molecule is C=CCN(CC=C)c1ccc(C(O)c2sccc2C)c(Br)c1.C=CCN(CC=C)c1ccc(C(c2ccc(N(C)C)cc2Br)c2sccc2C)c(Br)c1.C=CCN(CC=C)c1ccc(C(c2ccc(N(C)C)cc2Br)c2sccc2C)c(Br)c1.C=CCN(CC=C)c1ccc2c(c1)[Si](C)(C)C1=CC(=[N+](C)C)C=CC1=C2c1sccc1C.C=CCN(CC=C)c1cccc(Br)c1.CN(C)c1cccc(Br)c1.Cc1ccsc1C=O. The lowest BCUT2D eigenvalue weighted by atomic mass is 9.88. The van der Waals surface area contributed by atoms with Crippen molar-refractivity contribution in [1.82, 2.24) is 0 Å². The summed E-state index contributed by atoms with van der Waals surface area (Å²) in [6, 6.07) is 66.7. The number of carbonyl (C=O) groups excluding carboxylic acids is 1. The molecule has 24 heteroatoms. The summed E-state index contributed by atoms with van der Waals surface area (Å²) in [5.74, 6) is 0.280. The number of anilines is 8. The minimum Gasteiger partial charge on any atom is -0.383 e. The van der Waals surface area contributed by atoms with Crippen molar-refractivity contribution in [1.29, 1.82) is 0 Å². The number of carbonyl (C=O) groups is 1. The first-order chi connectivity index (χ1) is 70.9. The number of aryl methyl sites for hydroxylation is 5. The van der Waals surface area contributed by atoms with Gasteiger partial charge in [0, 0.05) is 239 Å². The molecule has 0 saturated heterocycles. The number of hydrogen-bond acceptors (Lipinski definition) is 15. The molecule has 3 unspecified atom stereocenters. The molecule has 15 rings (SSSR count). The van der Waals surface area contributed by atoms with Crippen LogP contribution in [0.3, 0.4) is 0 Å². The zero-order valence-corrected chi connectivity index (χ0v) is 104. The van der Waals surface area contributed by atoms with Crippen molar-refractivity contribution in [2.45, 2.75) is 65.7 Å². The Morgan fingerprint density at radius 3 is 0.959 bits per heavy atom. The molecule has 0 radical (unpaired) electrons. The second kappa shape index (κ2) is 60.4. The molecular formula is C124H139Br7N9O2S5Si+. The Balaban J connectivity index is 0.000000200. The van der Waals surface area contributed by atoms with Crippen LogP contribution in [0.4, 0.5) is 45.5 Å². The number of aldehydes is 1. The average molecular weight is 2540 g/mol. The van der Waals surface area contributed by atoms with Gasteiger partial charge in [-0.15, -0.1) is 122 Å². The van der Waals surface area contributed by atoms with Gasteiger partial charge in [-0.2, -0.15) is 0 Å². The van der Waals surface area contributed by atoms with Gasteiger partial charge in [-0.25, -0.2) is 4.58 Å². The Labute approximate surface area is 962 Å². The fourth-order valence-corrected chi connectivity index (χ4v) is 28.6. The van der Waals surface area contributed by atoms with E-state index in [9.17, 15) is 9.90 Å². The van der Waals surface area contributed by atoms with E-state index in [1.54, 1.807) is 11.3 Å². The normalized spacial score (nSPS) is 12.3. The number of allylic oxidation sites excluding steroid dienone is 5. The topological polar surface area (TPSA) is 66.2 Å². The molecule has 2 aliphatic rings. The Bertz CT molecular complexity index is 6660. The second-order valence-electron chi connectivity index (χ2n) is 36.6. The molecule has 8 aromatic carbocycles. The van der Waals surface area contributed by atoms with Gasteiger partial charge in [-0.3, -0.25) is 4.79 Å². The van der Waals surface area contributed by atoms with Gasteiger partial charge in [-0.1, -0.05) is 234 Å². The van der Waals surface area contributed by atoms with Gasteiger partial charge in [-0.05, 0) is 279 Å². The highest BCUT2D eigenvalue weighted by Crippen LogP contribution is 2.49. The van der Waals surface area contributed by atoms with Gasteiger partial charge >= 0.3 is 0 Å². The van der Waals surface area contributed by atoms with E-state index in [4.69, 9.17) is 0 Å². The number of hydrogen-bond donors (Lipinski definition) is 1. The summed E-state index contributed by atoms with van der Waals surface area (Å²) in [5, 5.41) is 24.1. The standard InChI is InChI=1S/C28H33N2SSi.2C26H28Br2N2S.C18H20BrNOS.C12H14BrN.C8H10BrN.C6H6OS/c1-8-15-30(16-9-2)22-11-13-24-26(19-22)32(6,7)25-18-21(29(4)5)10-12-23(25)27(24)28-20(3)14-17-31-28;2*1-6-13-30(14-7-2)20-9-11-22(24(28)17-20)25(26-18(3)12-15-31-26)21-10-8-19(29(4)5)16-23(21)27;1-4-9-20(10-5-2)14-6-7-15(16(19)12-14)17(21)18-13(3)8-11-22-18;1-3-8-14(9-4-2)12-7-5-6-11(13)10-12;1-10(2)8-5-3-4-7(9)6-8;1-5-2-3-8-6(5)4-7/h8-14,17-19H,1-2,15-16H2,3-7H3;2*6-12,15-17,25H,1-2,13-14H2,3-5H3;4-8,11-12,17,21H,1-2,9-10H2,3H3;3-7,10H,1-2,8-9H2;3-6H,1-2H3;2-4H,1H3/q+1;;;;;;. The maximum atomic E-state index is 10.6. The number of fused-ring (bicyclic) bond motifs is 2. The van der Waals surface area contributed by atoms with E-state index in [0.717, 1.165) is 147 Å². The molecule has 774 valence electrons. The fourth-order valence-electron chi connectivity index (χ4n) is 17.0. The molecule has 0 fully saturated rings. The Morgan fingerprint density at radius 2 is 0.655 bits per heavy atom. The van der Waals surface area contributed by atoms with Gasteiger partial charge in [0.15, 0.2) is 12.0 Å². The lowest BCUT2D eigenvalue weighted by Crippen LogP contribution is -2.50. The van der Waals surface area contributed by atoms with E-state index in [2.05, 4.69) is 465 Å². The summed E-state index contributed by atoms with van der Waals surface area (Å²) in [7, 11) is 14.6. The number of nitrogens with zero attached hydrogens (tertiary/aromatic N) is 9. The number of benzene rings is 8. The Morgan fingerprint density at radius 1 is 0.351 bits per heavy atom. The van der Waals surface area contributed by atoms with E-state index in [0.29, 0.717) is 0 Å². The van der Waals surface area contributed by atoms with Crippen LogP contribution < -0.4 is 44.4 Å². The number of aliphatic hydroxyl groups excluding tert-OH is 1. The van der Waals surface area contributed by atoms with Crippen LogP contribution in [0.1, 0.15) is 108 Å². The highest BCUT2D eigenvalue weighted by molar-refractivity contribution is 9.11. The summed E-state index contributed by atoms with van der Waals surface area (Å²) >= 11 is 34.5.